The van der Waals surface area contributed by atoms with Crippen molar-refractivity contribution in [2.24, 2.45) is 0 Å². The van der Waals surface area contributed by atoms with Crippen LogP contribution in [0.3, 0.4) is 0 Å². The first-order valence-electron chi connectivity index (χ1n) is 6.82. The predicted molar refractivity (Wildman–Crippen MR) is 75.9 cm³/mol. The molecular weight excluding hydrogens is 270 g/mol. The Balaban J connectivity index is 1.55. The molecule has 0 saturated heterocycles. The average Bonchev–Trinajstić information content (AvgIpc) is 3.15. The number of amides is 1. The van der Waals surface area contributed by atoms with Crippen LogP contribution >= 0.6 is 0 Å². The predicted octanol–water partition coefficient (Wildman–Crippen LogP) is 1.66. The Bertz CT molecular complexity index is 625. The van der Waals surface area contributed by atoms with Crippen molar-refractivity contribution in [1.29, 1.82) is 0 Å². The van der Waals surface area contributed by atoms with E-state index >= 15 is 0 Å². The zero-order valence-electron chi connectivity index (χ0n) is 11.9. The fourth-order valence-electron chi connectivity index (χ4n) is 2.24. The second kappa shape index (κ2) is 5.87. The summed E-state index contributed by atoms with van der Waals surface area (Å²) >= 11 is 0. The number of carbonyl (C=O) groups is 1. The maximum absolute atomic E-state index is 12.1. The number of hydrogen-bond acceptors (Lipinski definition) is 4. The van der Waals surface area contributed by atoms with Crippen molar-refractivity contribution in [3.8, 4) is 11.5 Å². The van der Waals surface area contributed by atoms with E-state index < -0.39 is 0 Å². The highest BCUT2D eigenvalue weighted by atomic mass is 16.7. The summed E-state index contributed by atoms with van der Waals surface area (Å²) in [6, 6.07) is 7.59. The van der Waals surface area contributed by atoms with E-state index in [1.165, 1.54) is 0 Å². The topological polar surface area (TPSA) is 56.6 Å². The molecule has 0 radical (unpaired) electrons. The maximum atomic E-state index is 12.1. The van der Waals surface area contributed by atoms with Gasteiger partial charge in [0, 0.05) is 39.0 Å². The van der Waals surface area contributed by atoms with Crippen LogP contribution in [0.2, 0.25) is 0 Å². The fraction of sp³-hybridized carbons (Fsp3) is 0.333. The summed E-state index contributed by atoms with van der Waals surface area (Å²) in [5.41, 5.74) is 1.02. The SMILES string of the molecule is CN(Cc1ccc2c(c1)OCO2)C(=O)CCn1cccn1. The van der Waals surface area contributed by atoms with E-state index in [2.05, 4.69) is 5.10 Å². The number of rotatable bonds is 5. The highest BCUT2D eigenvalue weighted by Crippen LogP contribution is 2.32. The molecule has 0 unspecified atom stereocenters. The minimum Gasteiger partial charge on any atom is -0.454 e. The highest BCUT2D eigenvalue weighted by molar-refractivity contribution is 5.75. The number of benzene rings is 1. The average molecular weight is 287 g/mol. The number of hydrogen-bond donors (Lipinski definition) is 0. The zero-order chi connectivity index (χ0) is 14.7. The molecule has 1 aromatic carbocycles. The van der Waals surface area contributed by atoms with Crippen LogP contribution in [0.4, 0.5) is 0 Å². The molecule has 1 aromatic heterocycles. The van der Waals surface area contributed by atoms with Crippen molar-refractivity contribution < 1.29 is 14.3 Å². The van der Waals surface area contributed by atoms with Crippen molar-refractivity contribution in [3.63, 3.8) is 0 Å². The normalized spacial score (nSPS) is 12.4. The first-order chi connectivity index (χ1) is 10.2. The lowest BCUT2D eigenvalue weighted by atomic mass is 10.2. The molecule has 1 amide bonds. The minimum absolute atomic E-state index is 0.0863. The van der Waals surface area contributed by atoms with Crippen molar-refractivity contribution in [2.45, 2.75) is 19.5 Å². The lowest BCUT2D eigenvalue weighted by Gasteiger charge is -2.17. The van der Waals surface area contributed by atoms with E-state index in [9.17, 15) is 4.79 Å². The molecule has 6 heteroatoms. The Morgan fingerprint density at radius 1 is 1.38 bits per heavy atom. The number of nitrogens with zero attached hydrogens (tertiary/aromatic N) is 3. The molecule has 3 rings (SSSR count). The van der Waals surface area contributed by atoms with E-state index in [1.54, 1.807) is 22.8 Å². The van der Waals surface area contributed by atoms with Crippen molar-refractivity contribution in [3.05, 3.63) is 42.2 Å². The molecule has 21 heavy (non-hydrogen) atoms. The molecule has 0 spiro atoms. The number of aryl methyl sites for hydroxylation is 1. The Labute approximate surface area is 122 Å². The molecular formula is C15H17N3O3. The van der Waals surface area contributed by atoms with E-state index in [-0.39, 0.29) is 12.7 Å². The van der Waals surface area contributed by atoms with Gasteiger partial charge in [-0.3, -0.25) is 9.48 Å². The van der Waals surface area contributed by atoms with Crippen LogP contribution in [0.5, 0.6) is 11.5 Å². The van der Waals surface area contributed by atoms with Gasteiger partial charge in [-0.1, -0.05) is 6.07 Å². The molecule has 110 valence electrons. The van der Waals surface area contributed by atoms with Gasteiger partial charge in [0.15, 0.2) is 11.5 Å². The molecule has 1 aliphatic rings. The first kappa shape index (κ1) is 13.5. The van der Waals surface area contributed by atoms with E-state index in [4.69, 9.17) is 9.47 Å². The maximum Gasteiger partial charge on any atom is 0.231 e. The molecule has 0 fully saturated rings. The quantitative estimate of drug-likeness (QED) is 0.839. The van der Waals surface area contributed by atoms with Crippen LogP contribution in [-0.4, -0.2) is 34.4 Å². The number of fused-ring (bicyclic) bond motifs is 1. The summed E-state index contributed by atoms with van der Waals surface area (Å²) in [6.45, 7) is 1.41. The van der Waals surface area contributed by atoms with E-state index in [0.29, 0.717) is 19.5 Å². The fourth-order valence-corrected chi connectivity index (χ4v) is 2.24. The molecule has 0 atom stereocenters. The summed E-state index contributed by atoms with van der Waals surface area (Å²) in [6.07, 6.45) is 3.99. The summed E-state index contributed by atoms with van der Waals surface area (Å²) < 4.78 is 12.4. The Morgan fingerprint density at radius 2 is 2.24 bits per heavy atom. The van der Waals surface area contributed by atoms with E-state index in [0.717, 1.165) is 17.1 Å². The van der Waals surface area contributed by atoms with Gasteiger partial charge in [0.05, 0.1) is 0 Å². The van der Waals surface area contributed by atoms with Crippen LogP contribution in [0.1, 0.15) is 12.0 Å². The zero-order valence-corrected chi connectivity index (χ0v) is 11.9. The second-order valence-electron chi connectivity index (χ2n) is 4.96. The van der Waals surface area contributed by atoms with Crippen LogP contribution in [0, 0.1) is 0 Å². The summed E-state index contributed by atoms with van der Waals surface area (Å²) in [7, 11) is 1.80. The van der Waals surface area contributed by atoms with Gasteiger partial charge in [-0.05, 0) is 23.8 Å². The number of carbonyl (C=O) groups excluding carboxylic acids is 1. The number of ether oxygens (including phenoxy) is 2. The van der Waals surface area contributed by atoms with Gasteiger partial charge in [-0.15, -0.1) is 0 Å². The molecule has 0 N–H and O–H groups in total. The minimum atomic E-state index is 0.0863. The third kappa shape index (κ3) is 3.16. The number of aromatic nitrogens is 2. The van der Waals surface area contributed by atoms with Crippen LogP contribution in [0.25, 0.3) is 0 Å². The van der Waals surface area contributed by atoms with Crippen LogP contribution in [0.15, 0.2) is 36.7 Å². The molecule has 0 saturated carbocycles. The molecule has 2 aromatic rings. The van der Waals surface area contributed by atoms with Gasteiger partial charge in [-0.2, -0.15) is 5.10 Å². The lowest BCUT2D eigenvalue weighted by Crippen LogP contribution is -2.27. The van der Waals surface area contributed by atoms with Crippen molar-refractivity contribution >= 4 is 5.91 Å². The third-order valence-electron chi connectivity index (χ3n) is 3.40. The highest BCUT2D eigenvalue weighted by Gasteiger charge is 2.15. The lowest BCUT2D eigenvalue weighted by molar-refractivity contribution is -0.130. The molecule has 2 heterocycles. The monoisotopic (exact) mass is 287 g/mol. The third-order valence-corrected chi connectivity index (χ3v) is 3.40. The molecule has 1 aliphatic heterocycles. The summed E-state index contributed by atoms with van der Waals surface area (Å²) in [4.78, 5) is 13.8. The second-order valence-corrected chi connectivity index (χ2v) is 4.96. The Kier molecular flexibility index (Phi) is 3.77. The van der Waals surface area contributed by atoms with Crippen molar-refractivity contribution in [2.75, 3.05) is 13.8 Å². The summed E-state index contributed by atoms with van der Waals surface area (Å²) in [5, 5.41) is 4.09. The Hall–Kier alpha value is -2.50. The van der Waals surface area contributed by atoms with Gasteiger partial charge >= 0.3 is 0 Å². The molecule has 0 aliphatic carbocycles. The first-order valence-corrected chi connectivity index (χ1v) is 6.82. The van der Waals surface area contributed by atoms with E-state index in [1.807, 2.05) is 30.5 Å². The van der Waals surface area contributed by atoms with Gasteiger partial charge < -0.3 is 14.4 Å². The van der Waals surface area contributed by atoms with Crippen LogP contribution < -0.4 is 9.47 Å². The Morgan fingerprint density at radius 3 is 3.05 bits per heavy atom. The van der Waals surface area contributed by atoms with Crippen LogP contribution in [-0.2, 0) is 17.9 Å². The summed E-state index contributed by atoms with van der Waals surface area (Å²) in [5.74, 6) is 1.58. The van der Waals surface area contributed by atoms with Gasteiger partial charge in [0.25, 0.3) is 0 Å². The van der Waals surface area contributed by atoms with Gasteiger partial charge in [0.1, 0.15) is 0 Å². The standard InChI is InChI=1S/C15H17N3O3/c1-17(15(19)5-8-18-7-2-6-16-18)10-12-3-4-13-14(9-12)21-11-20-13/h2-4,6-7,9H,5,8,10-11H2,1H3. The largest absolute Gasteiger partial charge is 0.454 e. The van der Waals surface area contributed by atoms with Crippen molar-refractivity contribution in [1.82, 2.24) is 14.7 Å². The molecule has 6 nitrogen and oxygen atoms in total. The smallest absolute Gasteiger partial charge is 0.231 e. The van der Waals surface area contributed by atoms with Gasteiger partial charge in [0.2, 0.25) is 12.7 Å². The van der Waals surface area contributed by atoms with Gasteiger partial charge in [-0.25, -0.2) is 0 Å². The molecule has 0 bridgehead atoms.